The molecule has 0 aliphatic carbocycles. The molecule has 102 valence electrons. The highest BCUT2D eigenvalue weighted by molar-refractivity contribution is 6.20. The topological polar surface area (TPSA) is 46.5 Å². The smallest absolute Gasteiger partial charge is 0.336 e. The van der Waals surface area contributed by atoms with Gasteiger partial charge in [0.1, 0.15) is 11.6 Å². The molecule has 0 saturated heterocycles. The van der Waals surface area contributed by atoms with Gasteiger partial charge in [0.2, 0.25) is 0 Å². The zero-order chi connectivity index (χ0) is 14.5. The third-order valence-corrected chi connectivity index (χ3v) is 2.83. The van der Waals surface area contributed by atoms with Gasteiger partial charge < -0.3 is 9.84 Å². The molecule has 0 aliphatic heterocycles. The summed E-state index contributed by atoms with van der Waals surface area (Å²) < 4.78 is 18.9. The van der Waals surface area contributed by atoms with Crippen LogP contribution in [0.15, 0.2) is 48.5 Å². The van der Waals surface area contributed by atoms with Crippen LogP contribution in [0.2, 0.25) is 0 Å². The number of carboxylic acid groups (broad SMARTS) is 1. The van der Waals surface area contributed by atoms with E-state index in [9.17, 15) is 14.3 Å². The fourth-order valence-corrected chi connectivity index (χ4v) is 1.88. The minimum atomic E-state index is -1.19. The first-order valence-electron chi connectivity index (χ1n) is 5.96. The molecule has 0 radical (unpaired) electrons. The molecule has 0 spiro atoms. The minimum Gasteiger partial charge on any atom is -0.496 e. The molecule has 0 aliphatic rings. The molecule has 2 aromatic rings. The maximum Gasteiger partial charge on any atom is 0.336 e. The number of hydrogen-bond acceptors (Lipinski definition) is 2. The van der Waals surface area contributed by atoms with Gasteiger partial charge in [-0.05, 0) is 18.2 Å². The Labute approximate surface area is 115 Å². The third-order valence-electron chi connectivity index (χ3n) is 2.83. The van der Waals surface area contributed by atoms with E-state index in [-0.39, 0.29) is 11.1 Å². The van der Waals surface area contributed by atoms with Crippen LogP contribution in [0.25, 0.3) is 11.6 Å². The van der Waals surface area contributed by atoms with Crippen LogP contribution >= 0.6 is 0 Å². The third kappa shape index (κ3) is 2.85. The molecule has 20 heavy (non-hydrogen) atoms. The molecule has 0 aromatic heterocycles. The lowest BCUT2D eigenvalue weighted by molar-refractivity contribution is -0.130. The van der Waals surface area contributed by atoms with E-state index in [2.05, 4.69) is 0 Å². The van der Waals surface area contributed by atoms with Gasteiger partial charge in [0, 0.05) is 11.1 Å². The highest BCUT2D eigenvalue weighted by atomic mass is 19.1. The molecule has 0 bridgehead atoms. The molecular weight excluding hydrogens is 259 g/mol. The Hall–Kier alpha value is -2.62. The number of hydrogen-bond donors (Lipinski definition) is 1. The minimum absolute atomic E-state index is 0.0471. The number of halogens is 1. The number of carbonyl (C=O) groups is 1. The van der Waals surface area contributed by atoms with E-state index in [1.807, 2.05) is 0 Å². The summed E-state index contributed by atoms with van der Waals surface area (Å²) in [5.74, 6) is -1.24. The fraction of sp³-hybridized carbons (Fsp3) is 0.0625. The monoisotopic (exact) mass is 272 g/mol. The zero-order valence-electron chi connectivity index (χ0n) is 10.8. The summed E-state index contributed by atoms with van der Waals surface area (Å²) in [4.78, 5) is 11.4. The van der Waals surface area contributed by atoms with Crippen LogP contribution in [-0.4, -0.2) is 18.2 Å². The maximum atomic E-state index is 13.7. The second kappa shape index (κ2) is 6.02. The molecule has 3 nitrogen and oxygen atoms in total. The molecule has 1 N–H and O–H groups in total. The van der Waals surface area contributed by atoms with Crippen LogP contribution in [0.1, 0.15) is 11.1 Å². The summed E-state index contributed by atoms with van der Waals surface area (Å²) in [5.41, 5.74) is 0.508. The summed E-state index contributed by atoms with van der Waals surface area (Å²) in [7, 11) is 1.50. The fourth-order valence-electron chi connectivity index (χ4n) is 1.88. The summed E-state index contributed by atoms with van der Waals surface area (Å²) in [6, 6.07) is 12.7. The van der Waals surface area contributed by atoms with Crippen molar-refractivity contribution in [1.29, 1.82) is 0 Å². The van der Waals surface area contributed by atoms with E-state index >= 15 is 0 Å². The van der Waals surface area contributed by atoms with Gasteiger partial charge in [-0.1, -0.05) is 36.4 Å². The van der Waals surface area contributed by atoms with E-state index in [1.165, 1.54) is 31.4 Å². The number of rotatable bonds is 4. The number of carboxylic acids is 1. The first-order chi connectivity index (χ1) is 9.63. The number of ether oxygens (including phenoxy) is 1. The Morgan fingerprint density at radius 2 is 1.80 bits per heavy atom. The van der Waals surface area contributed by atoms with Crippen LogP contribution in [0.4, 0.5) is 4.39 Å². The van der Waals surface area contributed by atoms with Gasteiger partial charge in [0.05, 0.1) is 12.7 Å². The SMILES string of the molecule is COc1ccccc1/C=C(/C(=O)O)c1ccccc1F. The molecule has 0 atom stereocenters. The maximum absolute atomic E-state index is 13.7. The van der Waals surface area contributed by atoms with Crippen molar-refractivity contribution in [2.45, 2.75) is 0 Å². The van der Waals surface area contributed by atoms with Crippen LogP contribution < -0.4 is 4.74 Å². The van der Waals surface area contributed by atoms with Gasteiger partial charge in [0.25, 0.3) is 0 Å². The van der Waals surface area contributed by atoms with E-state index in [0.29, 0.717) is 11.3 Å². The zero-order valence-corrected chi connectivity index (χ0v) is 10.8. The highest BCUT2D eigenvalue weighted by Gasteiger charge is 2.15. The Kier molecular flexibility index (Phi) is 4.15. The van der Waals surface area contributed by atoms with Crippen molar-refractivity contribution in [3.63, 3.8) is 0 Å². The molecular formula is C16H13FO3. The van der Waals surface area contributed by atoms with E-state index < -0.39 is 11.8 Å². The van der Waals surface area contributed by atoms with Crippen molar-refractivity contribution < 1.29 is 19.0 Å². The van der Waals surface area contributed by atoms with Gasteiger partial charge in [-0.15, -0.1) is 0 Å². The average Bonchev–Trinajstić information content (AvgIpc) is 2.46. The normalized spacial score (nSPS) is 11.2. The molecule has 2 rings (SSSR count). The standard InChI is InChI=1S/C16H13FO3/c1-20-15-9-5-2-6-11(15)10-13(16(18)19)12-7-3-4-8-14(12)17/h2-10H,1H3,(H,18,19)/b13-10+. The van der Waals surface area contributed by atoms with Crippen molar-refractivity contribution in [3.8, 4) is 5.75 Å². The summed E-state index contributed by atoms with van der Waals surface area (Å²) >= 11 is 0. The summed E-state index contributed by atoms with van der Waals surface area (Å²) in [5, 5.41) is 9.30. The van der Waals surface area contributed by atoms with Crippen LogP contribution in [-0.2, 0) is 4.79 Å². The number of para-hydroxylation sites is 1. The molecule has 2 aromatic carbocycles. The van der Waals surface area contributed by atoms with E-state index in [1.54, 1.807) is 30.3 Å². The Morgan fingerprint density at radius 1 is 1.15 bits per heavy atom. The first-order valence-corrected chi connectivity index (χ1v) is 5.96. The van der Waals surface area contributed by atoms with Gasteiger partial charge in [-0.25, -0.2) is 9.18 Å². The van der Waals surface area contributed by atoms with Gasteiger partial charge in [-0.3, -0.25) is 0 Å². The Bertz CT molecular complexity index is 662. The molecule has 4 heteroatoms. The lowest BCUT2D eigenvalue weighted by Crippen LogP contribution is -2.02. The van der Waals surface area contributed by atoms with Crippen molar-refractivity contribution in [3.05, 3.63) is 65.5 Å². The summed E-state index contributed by atoms with van der Waals surface area (Å²) in [6.07, 6.45) is 1.40. The molecule has 0 saturated carbocycles. The van der Waals surface area contributed by atoms with Crippen molar-refractivity contribution >= 4 is 17.6 Å². The van der Waals surface area contributed by atoms with Gasteiger partial charge in [-0.2, -0.15) is 0 Å². The number of methoxy groups -OCH3 is 1. The molecule has 0 fully saturated rings. The first kappa shape index (κ1) is 13.8. The predicted molar refractivity (Wildman–Crippen MR) is 74.9 cm³/mol. The van der Waals surface area contributed by atoms with E-state index in [0.717, 1.165) is 0 Å². The van der Waals surface area contributed by atoms with Crippen molar-refractivity contribution in [2.75, 3.05) is 7.11 Å². The average molecular weight is 272 g/mol. The molecule has 0 unspecified atom stereocenters. The van der Waals surface area contributed by atoms with Gasteiger partial charge >= 0.3 is 5.97 Å². The quantitative estimate of drug-likeness (QED) is 0.685. The van der Waals surface area contributed by atoms with Gasteiger partial charge in [0.15, 0.2) is 0 Å². The lowest BCUT2D eigenvalue weighted by Gasteiger charge is -2.07. The van der Waals surface area contributed by atoms with Crippen molar-refractivity contribution in [2.24, 2.45) is 0 Å². The van der Waals surface area contributed by atoms with Crippen LogP contribution in [0.5, 0.6) is 5.75 Å². The highest BCUT2D eigenvalue weighted by Crippen LogP contribution is 2.26. The van der Waals surface area contributed by atoms with Crippen LogP contribution in [0.3, 0.4) is 0 Å². The molecule has 0 heterocycles. The lowest BCUT2D eigenvalue weighted by atomic mass is 10.0. The van der Waals surface area contributed by atoms with E-state index in [4.69, 9.17) is 4.74 Å². The van der Waals surface area contributed by atoms with Crippen molar-refractivity contribution in [1.82, 2.24) is 0 Å². The number of aliphatic carboxylic acids is 1. The second-order valence-electron chi connectivity index (χ2n) is 4.08. The predicted octanol–water partition coefficient (Wildman–Crippen LogP) is 3.46. The molecule has 0 amide bonds. The second-order valence-corrected chi connectivity index (χ2v) is 4.08. The summed E-state index contributed by atoms with van der Waals surface area (Å²) in [6.45, 7) is 0. The Morgan fingerprint density at radius 3 is 2.45 bits per heavy atom. The Balaban J connectivity index is 2.57. The van der Waals surface area contributed by atoms with Crippen LogP contribution in [0, 0.1) is 5.82 Å². The largest absolute Gasteiger partial charge is 0.496 e. The number of benzene rings is 2.